The van der Waals surface area contributed by atoms with E-state index in [1.807, 2.05) is 36.1 Å². The van der Waals surface area contributed by atoms with Crippen LogP contribution in [0.25, 0.3) is 0 Å². The number of halogens is 3. The lowest BCUT2D eigenvalue weighted by Crippen LogP contribution is -2.44. The second kappa shape index (κ2) is 7.66. The van der Waals surface area contributed by atoms with Gasteiger partial charge in [0.15, 0.2) is 0 Å². The first kappa shape index (κ1) is 18.1. The maximum atomic E-state index is 13.3. The largest absolute Gasteiger partial charge is 0.419 e. The zero-order chi connectivity index (χ0) is 17.9. The lowest BCUT2D eigenvalue weighted by Gasteiger charge is -2.29. The van der Waals surface area contributed by atoms with Crippen molar-refractivity contribution in [3.05, 3.63) is 53.1 Å². The Morgan fingerprint density at radius 2 is 1.92 bits per heavy atom. The van der Waals surface area contributed by atoms with Gasteiger partial charge in [-0.15, -0.1) is 11.8 Å². The van der Waals surface area contributed by atoms with Crippen LogP contribution in [0.3, 0.4) is 0 Å². The van der Waals surface area contributed by atoms with Crippen LogP contribution in [0.4, 0.5) is 19.0 Å². The highest BCUT2D eigenvalue weighted by Crippen LogP contribution is 2.38. The molecular formula is C18H20F3N3S. The molecule has 1 aromatic carbocycles. The van der Waals surface area contributed by atoms with Crippen LogP contribution in [0.5, 0.6) is 0 Å². The zero-order valence-corrected chi connectivity index (χ0v) is 14.8. The molecule has 1 aliphatic rings. The molecule has 1 aliphatic heterocycles. The number of hydrogen-bond acceptors (Lipinski definition) is 4. The van der Waals surface area contributed by atoms with Crippen LogP contribution >= 0.6 is 11.8 Å². The number of hydrogen-bond donors (Lipinski definition) is 1. The van der Waals surface area contributed by atoms with Gasteiger partial charge in [0, 0.05) is 31.9 Å². The third-order valence-corrected chi connectivity index (χ3v) is 5.11. The first-order chi connectivity index (χ1) is 11.9. The number of pyridine rings is 1. The number of alkyl halides is 3. The van der Waals surface area contributed by atoms with Crippen molar-refractivity contribution in [3.63, 3.8) is 0 Å². The van der Waals surface area contributed by atoms with Crippen LogP contribution in [-0.2, 0) is 11.9 Å². The third-order valence-electron chi connectivity index (χ3n) is 4.05. The monoisotopic (exact) mass is 367 g/mol. The molecule has 0 radical (unpaired) electrons. The minimum Gasteiger partial charge on any atom is -0.354 e. The fraction of sp³-hybridized carbons (Fsp3) is 0.389. The quantitative estimate of drug-likeness (QED) is 0.823. The molecule has 0 amide bonds. The molecule has 1 aromatic heterocycles. The fourth-order valence-electron chi connectivity index (χ4n) is 2.78. The molecule has 7 heteroatoms. The lowest BCUT2D eigenvalue weighted by atomic mass is 10.2. The number of rotatable bonds is 4. The van der Waals surface area contributed by atoms with Gasteiger partial charge in [-0.3, -0.25) is 0 Å². The summed E-state index contributed by atoms with van der Waals surface area (Å²) in [6.45, 7) is 5.10. The van der Waals surface area contributed by atoms with Gasteiger partial charge in [0.05, 0.1) is 5.56 Å². The van der Waals surface area contributed by atoms with Crippen LogP contribution in [0, 0.1) is 6.92 Å². The molecule has 0 bridgehead atoms. The highest BCUT2D eigenvalue weighted by atomic mass is 32.2. The number of aromatic nitrogens is 1. The van der Waals surface area contributed by atoms with Crippen molar-refractivity contribution in [2.45, 2.75) is 23.9 Å². The van der Waals surface area contributed by atoms with Crippen molar-refractivity contribution in [3.8, 4) is 0 Å². The van der Waals surface area contributed by atoms with E-state index < -0.39 is 11.7 Å². The number of thioether (sulfide) groups is 1. The first-order valence-electron chi connectivity index (χ1n) is 8.16. The van der Waals surface area contributed by atoms with Gasteiger partial charge in [0.25, 0.3) is 0 Å². The van der Waals surface area contributed by atoms with Crippen LogP contribution in [0.1, 0.15) is 16.7 Å². The molecule has 0 unspecified atom stereocenters. The van der Waals surface area contributed by atoms with Crippen molar-refractivity contribution in [2.24, 2.45) is 0 Å². The SMILES string of the molecule is Cc1cccc(CSc2nc(N3CCNCC3)ccc2C(F)(F)F)c1. The van der Waals surface area contributed by atoms with Crippen molar-refractivity contribution >= 4 is 17.6 Å². The average molecular weight is 367 g/mol. The van der Waals surface area contributed by atoms with E-state index in [0.29, 0.717) is 11.6 Å². The van der Waals surface area contributed by atoms with Crippen molar-refractivity contribution in [1.82, 2.24) is 10.3 Å². The minimum atomic E-state index is -4.40. The molecule has 134 valence electrons. The number of anilines is 1. The van der Waals surface area contributed by atoms with E-state index in [1.54, 1.807) is 0 Å². The predicted molar refractivity (Wildman–Crippen MR) is 95.1 cm³/mol. The van der Waals surface area contributed by atoms with Crippen molar-refractivity contribution < 1.29 is 13.2 Å². The highest BCUT2D eigenvalue weighted by molar-refractivity contribution is 7.98. The van der Waals surface area contributed by atoms with Gasteiger partial charge >= 0.3 is 6.18 Å². The van der Waals surface area contributed by atoms with Gasteiger partial charge in [-0.25, -0.2) is 4.98 Å². The lowest BCUT2D eigenvalue weighted by molar-refractivity contribution is -0.140. The minimum absolute atomic E-state index is 0.0463. The number of nitrogens with zero attached hydrogens (tertiary/aromatic N) is 2. The summed E-state index contributed by atoms with van der Waals surface area (Å²) in [5.41, 5.74) is 1.42. The standard InChI is InChI=1S/C18H20F3N3S/c1-13-3-2-4-14(11-13)12-25-17-15(18(19,20)21)5-6-16(23-17)24-9-7-22-8-10-24/h2-6,11,22H,7-10,12H2,1H3. The summed E-state index contributed by atoms with van der Waals surface area (Å²) >= 11 is 1.14. The summed E-state index contributed by atoms with van der Waals surface area (Å²) < 4.78 is 40.0. The van der Waals surface area contributed by atoms with E-state index >= 15 is 0 Å². The molecule has 2 aromatic rings. The molecule has 0 aliphatic carbocycles. The fourth-order valence-corrected chi connectivity index (χ4v) is 3.76. The van der Waals surface area contributed by atoms with E-state index in [1.165, 1.54) is 6.07 Å². The Morgan fingerprint density at radius 3 is 2.60 bits per heavy atom. The third kappa shape index (κ3) is 4.67. The Balaban J connectivity index is 1.85. The van der Waals surface area contributed by atoms with Crippen LogP contribution < -0.4 is 10.2 Å². The smallest absolute Gasteiger partial charge is 0.354 e. The van der Waals surface area contributed by atoms with Gasteiger partial charge in [-0.2, -0.15) is 13.2 Å². The average Bonchev–Trinajstić information content (AvgIpc) is 2.60. The molecule has 1 saturated heterocycles. The summed E-state index contributed by atoms with van der Waals surface area (Å²) in [7, 11) is 0. The van der Waals surface area contributed by atoms with Gasteiger partial charge in [0.2, 0.25) is 0 Å². The van der Waals surface area contributed by atoms with E-state index in [2.05, 4.69) is 10.3 Å². The van der Waals surface area contributed by atoms with Crippen molar-refractivity contribution in [1.29, 1.82) is 0 Å². The molecule has 1 N–H and O–H groups in total. The summed E-state index contributed by atoms with van der Waals surface area (Å²) in [5, 5.41) is 3.28. The maximum Gasteiger partial charge on any atom is 0.419 e. The molecule has 1 fully saturated rings. The van der Waals surface area contributed by atoms with Gasteiger partial charge < -0.3 is 10.2 Å². The molecule has 0 saturated carbocycles. The summed E-state index contributed by atoms with van der Waals surface area (Å²) in [4.78, 5) is 6.36. The summed E-state index contributed by atoms with van der Waals surface area (Å²) in [5.74, 6) is 1.07. The van der Waals surface area contributed by atoms with E-state index in [9.17, 15) is 13.2 Å². The Kier molecular flexibility index (Phi) is 5.54. The normalized spacial score (nSPS) is 15.4. The highest BCUT2D eigenvalue weighted by Gasteiger charge is 2.34. The maximum absolute atomic E-state index is 13.3. The van der Waals surface area contributed by atoms with E-state index in [4.69, 9.17) is 0 Å². The topological polar surface area (TPSA) is 28.2 Å². The Bertz CT molecular complexity index is 728. The Labute approximate surface area is 149 Å². The summed E-state index contributed by atoms with van der Waals surface area (Å²) in [6, 6.07) is 10.4. The van der Waals surface area contributed by atoms with Gasteiger partial charge in [-0.1, -0.05) is 29.8 Å². The number of benzene rings is 1. The van der Waals surface area contributed by atoms with Gasteiger partial charge in [0.1, 0.15) is 10.8 Å². The predicted octanol–water partition coefficient (Wildman–Crippen LogP) is 4.11. The van der Waals surface area contributed by atoms with Crippen LogP contribution in [-0.4, -0.2) is 31.2 Å². The number of nitrogens with one attached hydrogen (secondary N) is 1. The molecule has 2 heterocycles. The van der Waals surface area contributed by atoms with E-state index in [-0.39, 0.29) is 5.03 Å². The second-order valence-corrected chi connectivity index (χ2v) is 7.00. The number of piperazine rings is 1. The zero-order valence-electron chi connectivity index (χ0n) is 13.9. The molecule has 0 spiro atoms. The van der Waals surface area contributed by atoms with Crippen LogP contribution in [0.15, 0.2) is 41.4 Å². The van der Waals surface area contributed by atoms with Gasteiger partial charge in [-0.05, 0) is 24.6 Å². The van der Waals surface area contributed by atoms with E-state index in [0.717, 1.165) is 55.1 Å². The first-order valence-corrected chi connectivity index (χ1v) is 9.14. The second-order valence-electron chi connectivity index (χ2n) is 6.03. The molecule has 3 nitrogen and oxygen atoms in total. The molecule has 25 heavy (non-hydrogen) atoms. The Hall–Kier alpha value is -1.73. The molecule has 3 rings (SSSR count). The molecule has 0 atom stereocenters. The Morgan fingerprint density at radius 1 is 1.16 bits per heavy atom. The molecular weight excluding hydrogens is 347 g/mol. The number of aryl methyl sites for hydroxylation is 1. The van der Waals surface area contributed by atoms with Crippen molar-refractivity contribution in [2.75, 3.05) is 31.1 Å². The summed E-state index contributed by atoms with van der Waals surface area (Å²) in [6.07, 6.45) is -4.40. The van der Waals surface area contributed by atoms with Crippen LogP contribution in [0.2, 0.25) is 0 Å².